The van der Waals surface area contributed by atoms with Crippen LogP contribution in [0.25, 0.3) is 11.0 Å². The zero-order valence-electron chi connectivity index (χ0n) is 11.8. The van der Waals surface area contributed by atoms with Crippen molar-refractivity contribution >= 4 is 16.7 Å². The van der Waals surface area contributed by atoms with E-state index in [0.29, 0.717) is 18.1 Å². The third-order valence-electron chi connectivity index (χ3n) is 4.89. The van der Waals surface area contributed by atoms with E-state index in [-0.39, 0.29) is 5.41 Å². The lowest BCUT2D eigenvalue weighted by Crippen LogP contribution is -2.63. The molecule has 2 heterocycles. The molecule has 1 aliphatic heterocycles. The summed E-state index contributed by atoms with van der Waals surface area (Å²) in [6, 6.07) is 6.68. The van der Waals surface area contributed by atoms with Gasteiger partial charge in [-0.3, -0.25) is 9.97 Å². The second kappa shape index (κ2) is 4.16. The largest absolute Gasteiger partial charge is 0.381 e. The lowest BCUT2D eigenvalue weighted by atomic mass is 9.57. The number of nitrogens with zero attached hydrogens (tertiary/aromatic N) is 2. The van der Waals surface area contributed by atoms with E-state index >= 15 is 0 Å². The molecule has 4 rings (SSSR count). The normalized spacial score (nSPS) is 30.8. The van der Waals surface area contributed by atoms with Gasteiger partial charge in [-0.05, 0) is 24.6 Å². The standard InChI is InChI=1S/C16H19N3O/c1-16(2)14(11-5-8-20-15(11)16)19-10-3-4-12-13(9-10)18-7-6-17-12/h3-4,6-7,9,11,14-15,19H,5,8H2,1-2H3. The van der Waals surface area contributed by atoms with Gasteiger partial charge in [0.25, 0.3) is 0 Å². The number of rotatable bonds is 2. The zero-order valence-corrected chi connectivity index (χ0v) is 11.8. The van der Waals surface area contributed by atoms with Crippen molar-refractivity contribution in [3.05, 3.63) is 30.6 Å². The van der Waals surface area contributed by atoms with Gasteiger partial charge in [0.1, 0.15) is 0 Å². The molecule has 104 valence electrons. The van der Waals surface area contributed by atoms with Crippen LogP contribution < -0.4 is 5.32 Å². The Kier molecular flexibility index (Phi) is 2.51. The third kappa shape index (κ3) is 1.64. The Morgan fingerprint density at radius 1 is 1.20 bits per heavy atom. The van der Waals surface area contributed by atoms with Gasteiger partial charge in [0, 0.05) is 42.1 Å². The molecule has 1 N–H and O–H groups in total. The summed E-state index contributed by atoms with van der Waals surface area (Å²) in [7, 11) is 0. The average Bonchev–Trinajstić information content (AvgIpc) is 2.91. The van der Waals surface area contributed by atoms with Crippen LogP contribution in [0.15, 0.2) is 30.6 Å². The molecule has 0 radical (unpaired) electrons. The minimum Gasteiger partial charge on any atom is -0.381 e. The van der Waals surface area contributed by atoms with Gasteiger partial charge in [-0.1, -0.05) is 13.8 Å². The van der Waals surface area contributed by atoms with E-state index in [2.05, 4.69) is 41.3 Å². The number of hydrogen-bond acceptors (Lipinski definition) is 4. The van der Waals surface area contributed by atoms with Gasteiger partial charge in [-0.2, -0.15) is 0 Å². The first kappa shape index (κ1) is 12.1. The van der Waals surface area contributed by atoms with Crippen LogP contribution in [-0.4, -0.2) is 28.7 Å². The van der Waals surface area contributed by atoms with Gasteiger partial charge in [-0.25, -0.2) is 0 Å². The van der Waals surface area contributed by atoms with E-state index in [1.807, 2.05) is 6.07 Å². The molecule has 4 heteroatoms. The van der Waals surface area contributed by atoms with Crippen molar-refractivity contribution in [2.24, 2.45) is 11.3 Å². The van der Waals surface area contributed by atoms with Crippen molar-refractivity contribution in [1.29, 1.82) is 0 Å². The minimum atomic E-state index is 0.193. The van der Waals surface area contributed by atoms with Gasteiger partial charge in [0.2, 0.25) is 0 Å². The maximum Gasteiger partial charge on any atom is 0.0907 e. The lowest BCUT2D eigenvalue weighted by molar-refractivity contribution is -0.0923. The molecule has 1 saturated heterocycles. The summed E-state index contributed by atoms with van der Waals surface area (Å²) in [5.74, 6) is 0.641. The SMILES string of the molecule is CC1(C)C(Nc2ccc3nccnc3c2)C2CCOC21. The number of fused-ring (bicyclic) bond motifs is 2. The zero-order chi connectivity index (χ0) is 13.7. The molecule has 4 nitrogen and oxygen atoms in total. The van der Waals surface area contributed by atoms with Crippen LogP contribution in [-0.2, 0) is 4.74 Å². The molecule has 0 amide bonds. The number of benzene rings is 1. The Morgan fingerprint density at radius 3 is 2.85 bits per heavy atom. The number of aromatic nitrogens is 2. The Balaban J connectivity index is 1.61. The van der Waals surface area contributed by atoms with E-state index in [1.165, 1.54) is 6.42 Å². The fourth-order valence-electron chi connectivity index (χ4n) is 3.85. The second-order valence-corrected chi connectivity index (χ2v) is 6.45. The Labute approximate surface area is 118 Å². The first-order valence-corrected chi connectivity index (χ1v) is 7.25. The lowest BCUT2D eigenvalue weighted by Gasteiger charge is -2.55. The van der Waals surface area contributed by atoms with Gasteiger partial charge in [0.05, 0.1) is 17.1 Å². The molecule has 20 heavy (non-hydrogen) atoms. The predicted octanol–water partition coefficient (Wildman–Crippen LogP) is 2.86. The summed E-state index contributed by atoms with van der Waals surface area (Å²) >= 11 is 0. The van der Waals surface area contributed by atoms with Crippen LogP contribution in [0.2, 0.25) is 0 Å². The van der Waals surface area contributed by atoms with Crippen LogP contribution in [0, 0.1) is 11.3 Å². The summed E-state index contributed by atoms with van der Waals surface area (Å²) in [6.07, 6.45) is 5.05. The predicted molar refractivity (Wildman–Crippen MR) is 78.6 cm³/mol. The highest BCUT2D eigenvalue weighted by molar-refractivity contribution is 5.78. The quantitative estimate of drug-likeness (QED) is 0.910. The summed E-state index contributed by atoms with van der Waals surface area (Å²) in [5, 5.41) is 3.68. The number of hydrogen-bond donors (Lipinski definition) is 1. The topological polar surface area (TPSA) is 47.0 Å². The molecule has 1 aromatic carbocycles. The molecule has 2 aliphatic rings. The Hall–Kier alpha value is -1.68. The highest BCUT2D eigenvalue weighted by Crippen LogP contribution is 2.53. The van der Waals surface area contributed by atoms with Crippen LogP contribution in [0.3, 0.4) is 0 Å². The fraction of sp³-hybridized carbons (Fsp3) is 0.500. The summed E-state index contributed by atoms with van der Waals surface area (Å²) in [5.41, 5.74) is 3.20. The molecular formula is C16H19N3O. The number of anilines is 1. The molecule has 1 aromatic heterocycles. The van der Waals surface area contributed by atoms with E-state index in [4.69, 9.17) is 4.74 Å². The minimum absolute atomic E-state index is 0.193. The molecule has 3 unspecified atom stereocenters. The number of ether oxygens (including phenoxy) is 1. The second-order valence-electron chi connectivity index (χ2n) is 6.45. The highest BCUT2D eigenvalue weighted by atomic mass is 16.5. The molecule has 3 atom stereocenters. The van der Waals surface area contributed by atoms with E-state index in [0.717, 1.165) is 23.3 Å². The first-order chi connectivity index (χ1) is 9.66. The third-order valence-corrected chi connectivity index (χ3v) is 4.89. The number of nitrogens with one attached hydrogen (secondary N) is 1. The molecule has 2 aromatic rings. The van der Waals surface area contributed by atoms with Crippen molar-refractivity contribution < 1.29 is 4.74 Å². The van der Waals surface area contributed by atoms with Crippen molar-refractivity contribution in [3.63, 3.8) is 0 Å². The monoisotopic (exact) mass is 269 g/mol. The first-order valence-electron chi connectivity index (χ1n) is 7.25. The van der Waals surface area contributed by atoms with Crippen LogP contribution in [0.4, 0.5) is 5.69 Å². The fourth-order valence-corrected chi connectivity index (χ4v) is 3.85. The molecule has 0 bridgehead atoms. The summed E-state index contributed by atoms with van der Waals surface area (Å²) in [4.78, 5) is 8.68. The van der Waals surface area contributed by atoms with Crippen molar-refractivity contribution in [3.8, 4) is 0 Å². The maximum absolute atomic E-state index is 5.84. The van der Waals surface area contributed by atoms with E-state index < -0.39 is 0 Å². The van der Waals surface area contributed by atoms with Crippen molar-refractivity contribution in [2.75, 3.05) is 11.9 Å². The Bertz CT molecular complexity index is 655. The van der Waals surface area contributed by atoms with Gasteiger partial charge in [0.15, 0.2) is 0 Å². The van der Waals surface area contributed by atoms with Crippen LogP contribution in [0.1, 0.15) is 20.3 Å². The molecule has 0 spiro atoms. The van der Waals surface area contributed by atoms with Gasteiger partial charge >= 0.3 is 0 Å². The van der Waals surface area contributed by atoms with Crippen molar-refractivity contribution in [2.45, 2.75) is 32.4 Å². The highest BCUT2D eigenvalue weighted by Gasteiger charge is 2.59. The van der Waals surface area contributed by atoms with E-state index in [9.17, 15) is 0 Å². The molecule has 2 fully saturated rings. The molecular weight excluding hydrogens is 250 g/mol. The van der Waals surface area contributed by atoms with Gasteiger partial charge < -0.3 is 10.1 Å². The van der Waals surface area contributed by atoms with Gasteiger partial charge in [-0.15, -0.1) is 0 Å². The van der Waals surface area contributed by atoms with Crippen LogP contribution >= 0.6 is 0 Å². The summed E-state index contributed by atoms with van der Waals surface area (Å²) < 4.78 is 5.84. The van der Waals surface area contributed by atoms with Crippen molar-refractivity contribution in [1.82, 2.24) is 9.97 Å². The molecule has 1 aliphatic carbocycles. The summed E-state index contributed by atoms with van der Waals surface area (Å²) in [6.45, 7) is 5.48. The Morgan fingerprint density at radius 2 is 2.00 bits per heavy atom. The van der Waals surface area contributed by atoms with E-state index in [1.54, 1.807) is 12.4 Å². The molecule has 1 saturated carbocycles. The van der Waals surface area contributed by atoms with Crippen LogP contribution in [0.5, 0.6) is 0 Å². The average molecular weight is 269 g/mol. The maximum atomic E-state index is 5.84. The smallest absolute Gasteiger partial charge is 0.0907 e.